The third-order valence-corrected chi connectivity index (χ3v) is 3.83. The van der Waals surface area contributed by atoms with Crippen LogP contribution >= 0.6 is 0 Å². The van der Waals surface area contributed by atoms with Gasteiger partial charge in [0.1, 0.15) is 11.9 Å². The highest BCUT2D eigenvalue weighted by atomic mass is 16.5. The zero-order valence-corrected chi connectivity index (χ0v) is 10.7. The molecule has 2 fully saturated rings. The van der Waals surface area contributed by atoms with Gasteiger partial charge in [0.15, 0.2) is 0 Å². The fourth-order valence-corrected chi connectivity index (χ4v) is 2.75. The van der Waals surface area contributed by atoms with E-state index < -0.39 is 0 Å². The fourth-order valence-electron chi connectivity index (χ4n) is 2.75. The van der Waals surface area contributed by atoms with E-state index in [1.807, 2.05) is 0 Å². The Bertz CT molecular complexity index is 365. The van der Waals surface area contributed by atoms with Crippen molar-refractivity contribution < 1.29 is 9.47 Å². The van der Waals surface area contributed by atoms with Crippen LogP contribution in [0.5, 0.6) is 5.75 Å². The summed E-state index contributed by atoms with van der Waals surface area (Å²) in [5.74, 6) is 1.65. The average Bonchev–Trinajstić information content (AvgIpc) is 2.95. The maximum Gasteiger partial charge on any atom is 0.122 e. The van der Waals surface area contributed by atoms with E-state index in [0.29, 0.717) is 5.92 Å². The first-order valence-electron chi connectivity index (χ1n) is 6.97. The lowest BCUT2D eigenvalue weighted by molar-refractivity contribution is 0.00742. The topological polar surface area (TPSA) is 30.5 Å². The molecular weight excluding hydrogens is 226 g/mol. The molecule has 1 aromatic rings. The van der Waals surface area contributed by atoms with Crippen LogP contribution in [-0.4, -0.2) is 32.4 Å². The Hall–Kier alpha value is -1.06. The second-order valence-corrected chi connectivity index (χ2v) is 5.22. The molecule has 0 aliphatic carbocycles. The van der Waals surface area contributed by atoms with Gasteiger partial charge in [-0.25, -0.2) is 0 Å². The lowest BCUT2D eigenvalue weighted by atomic mass is 9.98. The Morgan fingerprint density at radius 2 is 2.06 bits per heavy atom. The third kappa shape index (κ3) is 2.85. The quantitative estimate of drug-likeness (QED) is 0.889. The molecule has 3 heteroatoms. The minimum atomic E-state index is 0.234. The van der Waals surface area contributed by atoms with E-state index in [2.05, 4.69) is 29.6 Å². The van der Waals surface area contributed by atoms with Gasteiger partial charge in [0.05, 0.1) is 6.61 Å². The van der Waals surface area contributed by atoms with E-state index in [9.17, 15) is 0 Å². The smallest absolute Gasteiger partial charge is 0.122 e. The van der Waals surface area contributed by atoms with Crippen LogP contribution in [0.15, 0.2) is 24.3 Å². The predicted octanol–water partition coefficient (Wildman–Crippen LogP) is 2.32. The van der Waals surface area contributed by atoms with Crippen LogP contribution in [0.4, 0.5) is 0 Å². The third-order valence-electron chi connectivity index (χ3n) is 3.83. The highest BCUT2D eigenvalue weighted by molar-refractivity contribution is 5.30. The average molecular weight is 247 g/mol. The summed E-state index contributed by atoms with van der Waals surface area (Å²) in [7, 11) is 0. The van der Waals surface area contributed by atoms with Gasteiger partial charge in [-0.3, -0.25) is 0 Å². The van der Waals surface area contributed by atoms with E-state index in [4.69, 9.17) is 9.47 Å². The largest absolute Gasteiger partial charge is 0.488 e. The maximum atomic E-state index is 5.93. The number of hydrogen-bond donors (Lipinski definition) is 1. The normalized spacial score (nSPS) is 28.2. The predicted molar refractivity (Wildman–Crippen MR) is 71.1 cm³/mol. The zero-order chi connectivity index (χ0) is 12.2. The molecule has 2 unspecified atom stereocenters. The fraction of sp³-hybridized carbons (Fsp3) is 0.600. The number of benzene rings is 1. The molecule has 1 aromatic carbocycles. The van der Waals surface area contributed by atoms with E-state index in [-0.39, 0.29) is 6.10 Å². The minimum Gasteiger partial charge on any atom is -0.488 e. The molecule has 0 saturated carbocycles. The standard InChI is InChI=1S/C15H21NO2/c1-2-15(11-17-9-1)18-14-5-3-12(4-6-14)13-7-8-16-10-13/h3-6,13,15-16H,1-2,7-11H2. The first-order chi connectivity index (χ1) is 8.92. The molecule has 3 rings (SSSR count). The summed E-state index contributed by atoms with van der Waals surface area (Å²) in [5.41, 5.74) is 1.42. The van der Waals surface area contributed by atoms with Crippen LogP contribution in [0, 0.1) is 0 Å². The van der Waals surface area contributed by atoms with Crippen LogP contribution < -0.4 is 10.1 Å². The Morgan fingerprint density at radius 1 is 1.17 bits per heavy atom. The van der Waals surface area contributed by atoms with Crippen molar-refractivity contribution in [1.82, 2.24) is 5.32 Å². The molecule has 98 valence electrons. The molecule has 0 spiro atoms. The summed E-state index contributed by atoms with van der Waals surface area (Å²) in [6, 6.07) is 8.61. The van der Waals surface area contributed by atoms with Gasteiger partial charge < -0.3 is 14.8 Å². The molecule has 18 heavy (non-hydrogen) atoms. The van der Waals surface area contributed by atoms with Crippen LogP contribution in [0.1, 0.15) is 30.7 Å². The van der Waals surface area contributed by atoms with Crippen molar-refractivity contribution in [2.24, 2.45) is 0 Å². The van der Waals surface area contributed by atoms with Gasteiger partial charge in [0.25, 0.3) is 0 Å². The van der Waals surface area contributed by atoms with Gasteiger partial charge >= 0.3 is 0 Å². The van der Waals surface area contributed by atoms with Gasteiger partial charge in [-0.15, -0.1) is 0 Å². The summed E-state index contributed by atoms with van der Waals surface area (Å²) < 4.78 is 11.4. The summed E-state index contributed by atoms with van der Waals surface area (Å²) in [5, 5.41) is 3.40. The van der Waals surface area contributed by atoms with E-state index in [1.54, 1.807) is 0 Å². The summed E-state index contributed by atoms with van der Waals surface area (Å²) >= 11 is 0. The summed E-state index contributed by atoms with van der Waals surface area (Å²) in [6.07, 6.45) is 3.69. The zero-order valence-electron chi connectivity index (χ0n) is 10.7. The summed E-state index contributed by atoms with van der Waals surface area (Å²) in [4.78, 5) is 0. The molecule has 0 radical (unpaired) electrons. The Labute approximate surface area is 108 Å². The van der Waals surface area contributed by atoms with Crippen LogP contribution in [0.3, 0.4) is 0 Å². The Balaban J connectivity index is 1.59. The molecule has 0 bridgehead atoms. The van der Waals surface area contributed by atoms with Crippen molar-refractivity contribution in [3.63, 3.8) is 0 Å². The minimum absolute atomic E-state index is 0.234. The molecule has 2 aliphatic rings. The van der Waals surface area contributed by atoms with Crippen molar-refractivity contribution in [2.75, 3.05) is 26.3 Å². The molecule has 0 aromatic heterocycles. The second kappa shape index (κ2) is 5.72. The van der Waals surface area contributed by atoms with Crippen molar-refractivity contribution in [1.29, 1.82) is 0 Å². The molecule has 2 aliphatic heterocycles. The SMILES string of the molecule is c1cc(C2CCNC2)ccc1OC1CCCOC1. The molecule has 2 atom stereocenters. The summed E-state index contributed by atoms with van der Waals surface area (Å²) in [6.45, 7) is 3.86. The lowest BCUT2D eigenvalue weighted by Gasteiger charge is -2.23. The maximum absolute atomic E-state index is 5.93. The first-order valence-corrected chi connectivity index (χ1v) is 6.97. The van der Waals surface area contributed by atoms with E-state index in [0.717, 1.165) is 44.9 Å². The highest BCUT2D eigenvalue weighted by Crippen LogP contribution is 2.25. The monoisotopic (exact) mass is 247 g/mol. The van der Waals surface area contributed by atoms with Gasteiger partial charge in [-0.2, -0.15) is 0 Å². The van der Waals surface area contributed by atoms with Gasteiger partial charge in [-0.1, -0.05) is 12.1 Å². The van der Waals surface area contributed by atoms with Crippen LogP contribution in [0.25, 0.3) is 0 Å². The number of rotatable bonds is 3. The van der Waals surface area contributed by atoms with Gasteiger partial charge in [0.2, 0.25) is 0 Å². The molecule has 2 saturated heterocycles. The van der Waals surface area contributed by atoms with Crippen molar-refractivity contribution in [3.05, 3.63) is 29.8 Å². The van der Waals surface area contributed by atoms with E-state index in [1.165, 1.54) is 12.0 Å². The van der Waals surface area contributed by atoms with Crippen molar-refractivity contribution in [3.8, 4) is 5.75 Å². The second-order valence-electron chi connectivity index (χ2n) is 5.22. The first kappa shape index (κ1) is 12.0. The van der Waals surface area contributed by atoms with Crippen molar-refractivity contribution >= 4 is 0 Å². The highest BCUT2D eigenvalue weighted by Gasteiger charge is 2.17. The van der Waals surface area contributed by atoms with E-state index >= 15 is 0 Å². The molecule has 1 N–H and O–H groups in total. The van der Waals surface area contributed by atoms with Crippen molar-refractivity contribution in [2.45, 2.75) is 31.3 Å². The van der Waals surface area contributed by atoms with Crippen LogP contribution in [0.2, 0.25) is 0 Å². The molecule has 3 nitrogen and oxygen atoms in total. The Morgan fingerprint density at radius 3 is 2.72 bits per heavy atom. The number of ether oxygens (including phenoxy) is 2. The molecule has 2 heterocycles. The molecule has 0 amide bonds. The molecular formula is C15H21NO2. The van der Waals surface area contributed by atoms with Gasteiger partial charge in [0, 0.05) is 13.2 Å². The van der Waals surface area contributed by atoms with Crippen LogP contribution in [-0.2, 0) is 4.74 Å². The number of nitrogens with one attached hydrogen (secondary N) is 1. The van der Waals surface area contributed by atoms with Gasteiger partial charge in [-0.05, 0) is 49.4 Å². The lowest BCUT2D eigenvalue weighted by Crippen LogP contribution is -2.27. The number of hydrogen-bond acceptors (Lipinski definition) is 3. The Kier molecular flexibility index (Phi) is 3.81.